The van der Waals surface area contributed by atoms with Gasteiger partial charge in [0, 0.05) is 12.6 Å². The fourth-order valence-electron chi connectivity index (χ4n) is 1.80. The molecular weight excluding hydrogens is 257 g/mol. The zero-order valence-corrected chi connectivity index (χ0v) is 11.0. The van der Waals surface area contributed by atoms with Crippen molar-refractivity contribution in [3.8, 4) is 0 Å². The molecule has 3 nitrogen and oxygen atoms in total. The Morgan fingerprint density at radius 2 is 2.00 bits per heavy atom. The third-order valence-corrected chi connectivity index (χ3v) is 3.06. The molecule has 2 rings (SSSR count). The SMILES string of the molecule is CN(CCC(F)(F)F)Cc1ccc(CNC2CC2)o1. The van der Waals surface area contributed by atoms with Crippen LogP contribution in [0.1, 0.15) is 30.8 Å². The summed E-state index contributed by atoms with van der Waals surface area (Å²) in [6.45, 7) is 1.08. The van der Waals surface area contributed by atoms with E-state index in [1.54, 1.807) is 11.9 Å². The lowest BCUT2D eigenvalue weighted by atomic mass is 10.3. The van der Waals surface area contributed by atoms with Crippen molar-refractivity contribution in [2.24, 2.45) is 0 Å². The molecule has 0 saturated heterocycles. The van der Waals surface area contributed by atoms with Gasteiger partial charge in [0.2, 0.25) is 0 Å². The van der Waals surface area contributed by atoms with E-state index < -0.39 is 12.6 Å². The first-order valence-corrected chi connectivity index (χ1v) is 6.48. The highest BCUT2D eigenvalue weighted by Gasteiger charge is 2.27. The Labute approximate surface area is 110 Å². The normalized spacial score (nSPS) is 16.3. The van der Waals surface area contributed by atoms with Crippen molar-refractivity contribution < 1.29 is 17.6 Å². The van der Waals surface area contributed by atoms with Gasteiger partial charge in [-0.15, -0.1) is 0 Å². The minimum Gasteiger partial charge on any atom is -0.463 e. The van der Waals surface area contributed by atoms with Crippen molar-refractivity contribution >= 4 is 0 Å². The van der Waals surface area contributed by atoms with E-state index in [0.29, 0.717) is 24.9 Å². The first-order chi connectivity index (χ1) is 8.92. The van der Waals surface area contributed by atoms with Crippen LogP contribution in [-0.2, 0) is 13.1 Å². The Hall–Kier alpha value is -1.01. The summed E-state index contributed by atoms with van der Waals surface area (Å²) in [7, 11) is 1.66. The van der Waals surface area contributed by atoms with E-state index >= 15 is 0 Å². The van der Waals surface area contributed by atoms with Crippen molar-refractivity contribution in [2.75, 3.05) is 13.6 Å². The fourth-order valence-corrected chi connectivity index (χ4v) is 1.80. The van der Waals surface area contributed by atoms with Crippen LogP contribution in [0, 0.1) is 0 Å². The topological polar surface area (TPSA) is 28.4 Å². The Morgan fingerprint density at radius 1 is 1.32 bits per heavy atom. The molecule has 0 aromatic carbocycles. The molecule has 0 spiro atoms. The molecule has 1 heterocycles. The van der Waals surface area contributed by atoms with Crippen LogP contribution in [0.5, 0.6) is 0 Å². The lowest BCUT2D eigenvalue weighted by Gasteiger charge is -2.16. The van der Waals surface area contributed by atoms with Gasteiger partial charge in [-0.05, 0) is 32.0 Å². The standard InChI is InChI=1S/C13H19F3N2O/c1-18(7-6-13(14,15)16)9-12-5-4-11(19-12)8-17-10-2-3-10/h4-5,10,17H,2-3,6-9H2,1H3. The van der Waals surface area contributed by atoms with Crippen LogP contribution < -0.4 is 5.32 Å². The van der Waals surface area contributed by atoms with Gasteiger partial charge in [0.15, 0.2) is 0 Å². The van der Waals surface area contributed by atoms with Crippen LogP contribution in [0.25, 0.3) is 0 Å². The van der Waals surface area contributed by atoms with E-state index in [0.717, 1.165) is 5.76 Å². The molecular formula is C13H19F3N2O. The fraction of sp³-hybridized carbons (Fsp3) is 0.692. The number of hydrogen-bond acceptors (Lipinski definition) is 3. The van der Waals surface area contributed by atoms with Gasteiger partial charge < -0.3 is 9.73 Å². The quantitative estimate of drug-likeness (QED) is 0.830. The molecule has 6 heteroatoms. The maximum atomic E-state index is 12.1. The van der Waals surface area contributed by atoms with Crippen LogP contribution in [0.3, 0.4) is 0 Å². The minimum absolute atomic E-state index is 0.0140. The molecule has 1 aromatic heterocycles. The third kappa shape index (κ3) is 5.65. The second-order valence-corrected chi connectivity index (χ2v) is 5.13. The monoisotopic (exact) mass is 276 g/mol. The average molecular weight is 276 g/mol. The van der Waals surface area contributed by atoms with E-state index in [1.165, 1.54) is 12.8 Å². The van der Waals surface area contributed by atoms with Gasteiger partial charge >= 0.3 is 6.18 Å². The summed E-state index contributed by atoms with van der Waals surface area (Å²) in [5, 5.41) is 3.33. The Bertz CT molecular complexity index is 399. The highest BCUT2D eigenvalue weighted by atomic mass is 19.4. The summed E-state index contributed by atoms with van der Waals surface area (Å²) in [5.41, 5.74) is 0. The number of furan rings is 1. The largest absolute Gasteiger partial charge is 0.463 e. The molecule has 0 radical (unpaired) electrons. The Morgan fingerprint density at radius 3 is 2.63 bits per heavy atom. The van der Waals surface area contributed by atoms with E-state index in [4.69, 9.17) is 4.42 Å². The third-order valence-electron chi connectivity index (χ3n) is 3.06. The smallest absolute Gasteiger partial charge is 0.390 e. The molecule has 1 aromatic rings. The van der Waals surface area contributed by atoms with Crippen molar-refractivity contribution in [1.82, 2.24) is 10.2 Å². The molecule has 108 valence electrons. The molecule has 0 atom stereocenters. The lowest BCUT2D eigenvalue weighted by molar-refractivity contribution is -0.137. The summed E-state index contributed by atoms with van der Waals surface area (Å²) < 4.78 is 41.8. The van der Waals surface area contributed by atoms with Crippen molar-refractivity contribution in [3.63, 3.8) is 0 Å². The number of nitrogens with one attached hydrogen (secondary N) is 1. The number of alkyl halides is 3. The van der Waals surface area contributed by atoms with Gasteiger partial charge in [-0.3, -0.25) is 4.90 Å². The summed E-state index contributed by atoms with van der Waals surface area (Å²) in [4.78, 5) is 1.62. The minimum atomic E-state index is -4.10. The summed E-state index contributed by atoms with van der Waals surface area (Å²) >= 11 is 0. The second-order valence-electron chi connectivity index (χ2n) is 5.13. The molecule has 0 amide bonds. The van der Waals surface area contributed by atoms with Gasteiger partial charge in [0.1, 0.15) is 11.5 Å². The van der Waals surface area contributed by atoms with Gasteiger partial charge in [0.25, 0.3) is 0 Å². The van der Waals surface area contributed by atoms with Gasteiger partial charge in [-0.1, -0.05) is 0 Å². The molecule has 0 aliphatic heterocycles. The van der Waals surface area contributed by atoms with Gasteiger partial charge in [-0.2, -0.15) is 13.2 Å². The molecule has 1 saturated carbocycles. The second kappa shape index (κ2) is 5.96. The molecule has 0 bridgehead atoms. The summed E-state index contributed by atoms with van der Waals surface area (Å²) in [5.74, 6) is 1.54. The molecule has 0 unspecified atom stereocenters. The molecule has 1 fully saturated rings. The molecule has 1 aliphatic carbocycles. The van der Waals surface area contributed by atoms with E-state index in [-0.39, 0.29) is 6.54 Å². The van der Waals surface area contributed by atoms with Crippen LogP contribution in [0.2, 0.25) is 0 Å². The van der Waals surface area contributed by atoms with Crippen LogP contribution in [0.4, 0.5) is 13.2 Å². The van der Waals surface area contributed by atoms with Gasteiger partial charge in [-0.25, -0.2) is 0 Å². The number of halogens is 3. The number of nitrogens with zero attached hydrogens (tertiary/aromatic N) is 1. The van der Waals surface area contributed by atoms with Crippen molar-refractivity contribution in [1.29, 1.82) is 0 Å². The van der Waals surface area contributed by atoms with Crippen LogP contribution in [-0.4, -0.2) is 30.7 Å². The molecule has 1 aliphatic rings. The zero-order chi connectivity index (χ0) is 13.9. The predicted molar refractivity (Wildman–Crippen MR) is 65.6 cm³/mol. The van der Waals surface area contributed by atoms with E-state index in [2.05, 4.69) is 5.32 Å². The highest BCUT2D eigenvalue weighted by molar-refractivity contribution is 5.07. The van der Waals surface area contributed by atoms with Crippen LogP contribution >= 0.6 is 0 Å². The maximum Gasteiger partial charge on any atom is 0.390 e. The van der Waals surface area contributed by atoms with E-state index in [1.807, 2.05) is 12.1 Å². The van der Waals surface area contributed by atoms with Crippen molar-refractivity contribution in [3.05, 3.63) is 23.7 Å². The Kier molecular flexibility index (Phi) is 4.52. The maximum absolute atomic E-state index is 12.1. The number of hydrogen-bond donors (Lipinski definition) is 1. The molecule has 19 heavy (non-hydrogen) atoms. The van der Waals surface area contributed by atoms with Gasteiger partial charge in [0.05, 0.1) is 19.5 Å². The van der Waals surface area contributed by atoms with Crippen molar-refractivity contribution in [2.45, 2.75) is 44.6 Å². The number of rotatable bonds is 7. The lowest BCUT2D eigenvalue weighted by Crippen LogP contribution is -2.23. The molecule has 1 N–H and O–H groups in total. The highest BCUT2D eigenvalue weighted by Crippen LogP contribution is 2.21. The Balaban J connectivity index is 1.71. The first kappa shape index (κ1) is 14.4. The summed E-state index contributed by atoms with van der Waals surface area (Å²) in [6, 6.07) is 4.32. The van der Waals surface area contributed by atoms with Crippen LogP contribution in [0.15, 0.2) is 16.5 Å². The summed E-state index contributed by atoms with van der Waals surface area (Å²) in [6.07, 6.45) is -2.46. The van der Waals surface area contributed by atoms with E-state index in [9.17, 15) is 13.2 Å². The zero-order valence-electron chi connectivity index (χ0n) is 11.0. The average Bonchev–Trinajstić information content (AvgIpc) is 3.04. The first-order valence-electron chi connectivity index (χ1n) is 6.48. The predicted octanol–water partition coefficient (Wildman–Crippen LogP) is 2.92.